The van der Waals surface area contributed by atoms with E-state index in [4.69, 9.17) is 0 Å². The molecule has 1 aliphatic heterocycles. The van der Waals surface area contributed by atoms with Gasteiger partial charge in [0.05, 0.1) is 16.8 Å². The molecular formula is C55H36N2S2. The van der Waals surface area contributed by atoms with Gasteiger partial charge in [-0.25, -0.2) is 0 Å². The third-order valence-electron chi connectivity index (χ3n) is 12.1. The van der Waals surface area contributed by atoms with Crippen molar-refractivity contribution in [1.29, 1.82) is 0 Å². The molecule has 278 valence electrons. The molecule has 0 fully saturated rings. The maximum Gasteiger partial charge on any atom is 0.0735 e. The van der Waals surface area contributed by atoms with Crippen molar-refractivity contribution in [1.82, 2.24) is 0 Å². The van der Waals surface area contributed by atoms with Crippen LogP contribution in [0.1, 0.15) is 22.3 Å². The minimum atomic E-state index is -0.419. The number of anilines is 6. The largest absolute Gasteiger partial charge is 0.310 e. The van der Waals surface area contributed by atoms with Crippen LogP contribution in [0.2, 0.25) is 0 Å². The van der Waals surface area contributed by atoms with Gasteiger partial charge in [0.1, 0.15) is 0 Å². The highest BCUT2D eigenvalue weighted by molar-refractivity contribution is 7.99. The normalized spacial score (nSPS) is 13.2. The minimum absolute atomic E-state index is 0.419. The van der Waals surface area contributed by atoms with Crippen molar-refractivity contribution >= 4 is 77.4 Å². The first-order valence-corrected chi connectivity index (χ1v) is 21.7. The van der Waals surface area contributed by atoms with Gasteiger partial charge in [-0.15, -0.1) is 11.3 Å². The third-order valence-corrected chi connectivity index (χ3v) is 14.4. The first kappa shape index (κ1) is 34.2. The van der Waals surface area contributed by atoms with E-state index in [1.54, 1.807) is 0 Å². The van der Waals surface area contributed by atoms with E-state index in [2.05, 4.69) is 228 Å². The summed E-state index contributed by atoms with van der Waals surface area (Å²) < 4.78 is 2.51. The van der Waals surface area contributed by atoms with Crippen molar-refractivity contribution in [3.63, 3.8) is 0 Å². The quantitative estimate of drug-likeness (QED) is 0.166. The van der Waals surface area contributed by atoms with Gasteiger partial charge in [-0.3, -0.25) is 0 Å². The molecule has 0 radical (unpaired) electrons. The van der Waals surface area contributed by atoms with Gasteiger partial charge in [0, 0.05) is 52.7 Å². The van der Waals surface area contributed by atoms with Crippen LogP contribution in [0.5, 0.6) is 0 Å². The lowest BCUT2D eigenvalue weighted by Gasteiger charge is -2.39. The third kappa shape index (κ3) is 5.13. The SMILES string of the molecule is c1ccc(N(c2ccccc2)c2cccc3sc4cccc(N(c5ccccc5)c5ccc6c(c5)-c5ccccc5C65c6ccccc6Sc6ccccc65)c4c23)cc1. The van der Waals surface area contributed by atoms with Gasteiger partial charge in [0.2, 0.25) is 0 Å². The minimum Gasteiger partial charge on any atom is -0.310 e. The van der Waals surface area contributed by atoms with Gasteiger partial charge < -0.3 is 9.80 Å². The molecule has 0 N–H and O–H groups in total. The molecule has 4 heteroatoms. The number of fused-ring (bicyclic) bond motifs is 12. The van der Waals surface area contributed by atoms with Crippen molar-refractivity contribution in [2.24, 2.45) is 0 Å². The van der Waals surface area contributed by atoms with E-state index in [0.29, 0.717) is 0 Å². The first-order valence-electron chi connectivity index (χ1n) is 20.1. The van der Waals surface area contributed by atoms with Crippen molar-refractivity contribution in [3.8, 4) is 11.1 Å². The smallest absolute Gasteiger partial charge is 0.0735 e. The Bertz CT molecular complexity index is 3120. The molecule has 0 saturated heterocycles. The highest BCUT2D eigenvalue weighted by Crippen LogP contribution is 2.63. The van der Waals surface area contributed by atoms with Gasteiger partial charge in [0.15, 0.2) is 0 Å². The maximum atomic E-state index is 2.48. The van der Waals surface area contributed by atoms with Crippen molar-refractivity contribution < 1.29 is 0 Å². The van der Waals surface area contributed by atoms with Crippen LogP contribution in [0.3, 0.4) is 0 Å². The molecule has 2 nitrogen and oxygen atoms in total. The Morgan fingerprint density at radius 2 is 0.763 bits per heavy atom. The molecule has 0 unspecified atom stereocenters. The van der Waals surface area contributed by atoms with Gasteiger partial charge in [-0.2, -0.15) is 0 Å². The summed E-state index contributed by atoms with van der Waals surface area (Å²) in [4.78, 5) is 7.52. The molecule has 1 aliphatic carbocycles. The van der Waals surface area contributed by atoms with Crippen molar-refractivity contribution in [2.75, 3.05) is 9.80 Å². The molecular weight excluding hydrogens is 753 g/mol. The summed E-state index contributed by atoms with van der Waals surface area (Å²) in [6.45, 7) is 0. The van der Waals surface area contributed by atoms with E-state index in [1.165, 1.54) is 63.3 Å². The molecule has 59 heavy (non-hydrogen) atoms. The zero-order valence-corrected chi connectivity index (χ0v) is 33.6. The molecule has 2 heterocycles. The van der Waals surface area contributed by atoms with Gasteiger partial charge in [-0.05, 0) is 118 Å². The molecule has 9 aromatic carbocycles. The monoisotopic (exact) mass is 788 g/mol. The summed E-state index contributed by atoms with van der Waals surface area (Å²) in [7, 11) is 0. The molecule has 0 saturated carbocycles. The second-order valence-electron chi connectivity index (χ2n) is 15.2. The average molecular weight is 789 g/mol. The fourth-order valence-electron chi connectivity index (χ4n) is 9.77. The Balaban J connectivity index is 1.12. The fraction of sp³-hybridized carbons (Fsp3) is 0.0182. The first-order chi connectivity index (χ1) is 29.3. The summed E-state index contributed by atoms with van der Waals surface area (Å²) in [5.41, 5.74) is 14.3. The highest BCUT2D eigenvalue weighted by Gasteiger charge is 2.50. The van der Waals surface area contributed by atoms with Gasteiger partial charge in [0.25, 0.3) is 0 Å². The zero-order valence-electron chi connectivity index (χ0n) is 32.0. The molecule has 1 aromatic heterocycles. The lowest BCUT2D eigenvalue weighted by molar-refractivity contribution is 0.722. The van der Waals surface area contributed by atoms with Gasteiger partial charge in [-0.1, -0.05) is 145 Å². The second-order valence-corrected chi connectivity index (χ2v) is 17.4. The second kappa shape index (κ2) is 13.6. The van der Waals surface area contributed by atoms with E-state index < -0.39 is 5.41 Å². The number of benzene rings is 9. The number of thiophene rings is 1. The highest BCUT2D eigenvalue weighted by atomic mass is 32.2. The molecule has 0 amide bonds. The lowest BCUT2D eigenvalue weighted by Crippen LogP contribution is -2.31. The van der Waals surface area contributed by atoms with E-state index in [1.807, 2.05) is 23.1 Å². The summed E-state index contributed by atoms with van der Waals surface area (Å²) in [5.74, 6) is 0. The van der Waals surface area contributed by atoms with Crippen LogP contribution in [-0.4, -0.2) is 0 Å². The Hall–Kier alpha value is -6.85. The van der Waals surface area contributed by atoms with Crippen LogP contribution in [0.25, 0.3) is 31.3 Å². The van der Waals surface area contributed by atoms with Crippen LogP contribution in [0, 0.1) is 0 Å². The van der Waals surface area contributed by atoms with E-state index in [9.17, 15) is 0 Å². The Morgan fingerprint density at radius 1 is 0.322 bits per heavy atom. The number of rotatable bonds is 6. The Labute approximate surface area is 352 Å². The van der Waals surface area contributed by atoms with Crippen LogP contribution in [-0.2, 0) is 5.41 Å². The predicted octanol–water partition coefficient (Wildman–Crippen LogP) is 15.8. The summed E-state index contributed by atoms with van der Waals surface area (Å²) >= 11 is 3.75. The van der Waals surface area contributed by atoms with Crippen molar-refractivity contribution in [3.05, 3.63) is 241 Å². The molecule has 0 bridgehead atoms. The summed E-state index contributed by atoms with van der Waals surface area (Å²) in [5, 5.41) is 2.49. The molecule has 1 spiro atoms. The summed E-state index contributed by atoms with van der Waals surface area (Å²) in [6.07, 6.45) is 0. The average Bonchev–Trinajstić information content (AvgIpc) is 3.83. The van der Waals surface area contributed by atoms with Crippen LogP contribution in [0.15, 0.2) is 228 Å². The van der Waals surface area contributed by atoms with Crippen LogP contribution < -0.4 is 9.80 Å². The zero-order chi connectivity index (χ0) is 38.9. The number of para-hydroxylation sites is 3. The topological polar surface area (TPSA) is 6.48 Å². The number of nitrogens with zero attached hydrogens (tertiary/aromatic N) is 2. The molecule has 2 aliphatic rings. The lowest BCUT2D eigenvalue weighted by atomic mass is 9.67. The van der Waals surface area contributed by atoms with Crippen molar-refractivity contribution in [2.45, 2.75) is 15.2 Å². The van der Waals surface area contributed by atoms with Crippen LogP contribution in [0.4, 0.5) is 34.1 Å². The van der Waals surface area contributed by atoms with E-state index in [0.717, 1.165) is 34.1 Å². The maximum absolute atomic E-state index is 2.48. The molecule has 0 atom stereocenters. The standard InChI is InChI=1S/C55H36N2S2/c1-4-18-37(19-5-1)56(38-20-6-2-7-21-38)47-28-16-32-51-53(47)54-48(29-17-33-52(54)59-51)57(39-22-8-3-9-23-39)40-34-35-44-42(36-40)41-24-10-11-25-43(41)55(44)45-26-12-14-30-49(45)58-50-31-15-13-27-46(50)55/h1-36H. The number of hydrogen-bond donors (Lipinski definition) is 0. The molecule has 12 rings (SSSR count). The predicted molar refractivity (Wildman–Crippen MR) is 250 cm³/mol. The number of hydrogen-bond acceptors (Lipinski definition) is 4. The van der Waals surface area contributed by atoms with Gasteiger partial charge >= 0.3 is 0 Å². The molecule has 10 aromatic rings. The fourth-order valence-corrected chi connectivity index (χ4v) is 12.1. The van der Waals surface area contributed by atoms with E-state index in [-0.39, 0.29) is 0 Å². The summed E-state index contributed by atoms with van der Waals surface area (Å²) in [6, 6.07) is 80.3. The van der Waals surface area contributed by atoms with Crippen LogP contribution >= 0.6 is 23.1 Å². The Morgan fingerprint density at radius 3 is 1.31 bits per heavy atom. The Kier molecular flexibility index (Phi) is 7.90. The van der Waals surface area contributed by atoms with E-state index >= 15 is 0 Å².